The molecule has 1 aromatic carbocycles. The first-order chi connectivity index (χ1) is 13.4. The zero-order chi connectivity index (χ0) is 20.7. The van der Waals surface area contributed by atoms with E-state index < -0.39 is 25.0 Å². The van der Waals surface area contributed by atoms with Crippen LogP contribution in [0.3, 0.4) is 0 Å². The van der Waals surface area contributed by atoms with E-state index in [1.54, 1.807) is 12.1 Å². The number of hydrogen-bond donors (Lipinski definition) is 1. The Balaban J connectivity index is 1.92. The van der Waals surface area contributed by atoms with Crippen molar-refractivity contribution in [2.75, 3.05) is 34.5 Å². The molecule has 0 aliphatic heterocycles. The third-order valence-electron chi connectivity index (χ3n) is 3.53. The monoisotopic (exact) mass is 427 g/mol. The minimum Gasteiger partial charge on any atom is -0.493 e. The number of nitrogens with one attached hydrogen (secondary N) is 1. The Kier molecular flexibility index (Phi) is 7.65. The zero-order valence-corrected chi connectivity index (χ0v) is 16.9. The third kappa shape index (κ3) is 5.37. The van der Waals surface area contributed by atoms with Crippen molar-refractivity contribution < 1.29 is 33.3 Å². The molecule has 0 aliphatic carbocycles. The summed E-state index contributed by atoms with van der Waals surface area (Å²) in [5, 5.41) is 2.41. The number of esters is 1. The van der Waals surface area contributed by atoms with E-state index in [0.29, 0.717) is 26.5 Å². The lowest BCUT2D eigenvalue weighted by molar-refractivity contribution is -0.141. The number of amides is 1. The molecule has 0 unspecified atom stereocenters. The summed E-state index contributed by atoms with van der Waals surface area (Å²) in [7, 11) is 4.30. The van der Waals surface area contributed by atoms with Crippen LogP contribution in [0.1, 0.15) is 20.0 Å². The van der Waals surface area contributed by atoms with Gasteiger partial charge in [0.1, 0.15) is 6.54 Å². The molecule has 0 saturated carbocycles. The third-order valence-corrected chi connectivity index (χ3v) is 4.80. The number of benzene rings is 1. The van der Waals surface area contributed by atoms with Crippen molar-refractivity contribution in [2.24, 2.45) is 0 Å². The summed E-state index contributed by atoms with van der Waals surface area (Å²) in [5.74, 6) is -0.733. The molecule has 8 nitrogen and oxygen atoms in total. The summed E-state index contributed by atoms with van der Waals surface area (Å²) in [6, 6.07) is 6.03. The number of carbonyl (C=O) groups excluding carboxylic acids is 3. The molecule has 1 aromatic heterocycles. The molecular formula is C18H18ClNO7S. The first-order valence-electron chi connectivity index (χ1n) is 7.92. The maximum absolute atomic E-state index is 12.3. The van der Waals surface area contributed by atoms with E-state index in [1.165, 1.54) is 33.5 Å². The van der Waals surface area contributed by atoms with Crippen LogP contribution in [-0.4, -0.2) is 52.1 Å². The fourth-order valence-electron chi connectivity index (χ4n) is 2.20. The Morgan fingerprint density at radius 2 is 1.68 bits per heavy atom. The Bertz CT molecular complexity index is 856. The summed E-state index contributed by atoms with van der Waals surface area (Å²) in [6.07, 6.45) is 0. The number of halogens is 1. The molecule has 0 radical (unpaired) electrons. The van der Waals surface area contributed by atoms with Crippen molar-refractivity contribution in [1.29, 1.82) is 0 Å². The second kappa shape index (κ2) is 9.95. The Morgan fingerprint density at radius 3 is 2.18 bits per heavy atom. The highest BCUT2D eigenvalue weighted by molar-refractivity contribution is 7.18. The predicted octanol–water partition coefficient (Wildman–Crippen LogP) is 2.58. The zero-order valence-electron chi connectivity index (χ0n) is 15.4. The highest BCUT2D eigenvalue weighted by Gasteiger charge is 2.18. The Morgan fingerprint density at radius 1 is 1.04 bits per heavy atom. The minimum absolute atomic E-state index is 0.201. The molecule has 1 amide bonds. The van der Waals surface area contributed by atoms with Crippen LogP contribution in [0.15, 0.2) is 24.3 Å². The van der Waals surface area contributed by atoms with Gasteiger partial charge in [-0.3, -0.25) is 14.4 Å². The van der Waals surface area contributed by atoms with Gasteiger partial charge in [-0.05, 0) is 24.3 Å². The van der Waals surface area contributed by atoms with Gasteiger partial charge in [0, 0.05) is 5.56 Å². The summed E-state index contributed by atoms with van der Waals surface area (Å²) in [5.41, 5.74) is 0.201. The van der Waals surface area contributed by atoms with Crippen LogP contribution in [0.2, 0.25) is 4.34 Å². The van der Waals surface area contributed by atoms with Crippen molar-refractivity contribution >= 4 is 40.6 Å². The largest absolute Gasteiger partial charge is 0.493 e. The van der Waals surface area contributed by atoms with Crippen LogP contribution in [0.25, 0.3) is 0 Å². The molecule has 150 valence electrons. The van der Waals surface area contributed by atoms with Crippen molar-refractivity contribution in [3.8, 4) is 17.2 Å². The maximum atomic E-state index is 12.3. The smallest absolute Gasteiger partial charge is 0.325 e. The number of ketones is 1. The molecule has 1 N–H and O–H groups in total. The fraction of sp³-hybridized carbons (Fsp3) is 0.278. The lowest BCUT2D eigenvalue weighted by Gasteiger charge is -2.14. The highest BCUT2D eigenvalue weighted by atomic mass is 35.5. The first-order valence-corrected chi connectivity index (χ1v) is 9.11. The average Bonchev–Trinajstić information content (AvgIpc) is 3.15. The molecule has 0 saturated heterocycles. The van der Waals surface area contributed by atoms with Gasteiger partial charge >= 0.3 is 5.97 Å². The normalized spacial score (nSPS) is 10.1. The first kappa shape index (κ1) is 21.5. The molecule has 0 atom stereocenters. The van der Waals surface area contributed by atoms with Crippen LogP contribution >= 0.6 is 22.9 Å². The topological polar surface area (TPSA) is 100 Å². The number of ether oxygens (including phenoxy) is 4. The Labute approximate surface area is 170 Å². The molecule has 28 heavy (non-hydrogen) atoms. The number of methoxy groups -OCH3 is 3. The van der Waals surface area contributed by atoms with E-state index in [2.05, 4.69) is 5.32 Å². The van der Waals surface area contributed by atoms with Gasteiger partial charge in [-0.1, -0.05) is 11.6 Å². The number of thiophene rings is 1. The van der Waals surface area contributed by atoms with Gasteiger partial charge in [0.15, 0.2) is 18.1 Å². The summed E-state index contributed by atoms with van der Waals surface area (Å²) in [6.45, 7) is -0.844. The van der Waals surface area contributed by atoms with Gasteiger partial charge in [-0.15, -0.1) is 11.3 Å². The number of hydrogen-bond acceptors (Lipinski definition) is 8. The lowest BCUT2D eigenvalue weighted by atomic mass is 10.1. The molecule has 2 aromatic rings. The summed E-state index contributed by atoms with van der Waals surface area (Å²) < 4.78 is 20.9. The minimum atomic E-state index is -0.753. The number of carbonyl (C=O) groups is 3. The molecule has 10 heteroatoms. The van der Waals surface area contributed by atoms with Crippen LogP contribution in [0.5, 0.6) is 17.2 Å². The van der Waals surface area contributed by atoms with Crippen molar-refractivity contribution in [3.63, 3.8) is 0 Å². The quantitative estimate of drug-likeness (QED) is 0.485. The SMILES string of the molecule is COc1cc(C(=O)NCC(=O)OCC(=O)c2ccc(Cl)s2)cc(OC)c1OC. The Hall–Kier alpha value is -2.78. The van der Waals surface area contributed by atoms with Crippen LogP contribution < -0.4 is 19.5 Å². The van der Waals surface area contributed by atoms with Gasteiger partial charge in [-0.25, -0.2) is 0 Å². The van der Waals surface area contributed by atoms with Gasteiger partial charge < -0.3 is 24.3 Å². The predicted molar refractivity (Wildman–Crippen MR) is 103 cm³/mol. The second-order valence-electron chi connectivity index (χ2n) is 5.28. The van der Waals surface area contributed by atoms with E-state index in [4.69, 9.17) is 30.5 Å². The second-order valence-corrected chi connectivity index (χ2v) is 7.00. The molecule has 0 spiro atoms. The summed E-state index contributed by atoms with van der Waals surface area (Å²) >= 11 is 6.85. The molecular weight excluding hydrogens is 410 g/mol. The van der Waals surface area contributed by atoms with Gasteiger partial charge in [-0.2, -0.15) is 0 Å². The fourth-order valence-corrected chi connectivity index (χ4v) is 3.17. The van der Waals surface area contributed by atoms with Crippen molar-refractivity contribution in [1.82, 2.24) is 5.32 Å². The molecule has 1 heterocycles. The number of rotatable bonds is 9. The van der Waals surface area contributed by atoms with E-state index in [9.17, 15) is 14.4 Å². The van der Waals surface area contributed by atoms with Crippen molar-refractivity contribution in [3.05, 3.63) is 39.0 Å². The average molecular weight is 428 g/mol. The van der Waals surface area contributed by atoms with E-state index >= 15 is 0 Å². The van der Waals surface area contributed by atoms with Gasteiger partial charge in [0.2, 0.25) is 11.5 Å². The lowest BCUT2D eigenvalue weighted by Crippen LogP contribution is -2.31. The molecule has 0 bridgehead atoms. The van der Waals surface area contributed by atoms with Crippen molar-refractivity contribution in [2.45, 2.75) is 0 Å². The standard InChI is InChI=1S/C18H18ClNO7S/c1-24-12-6-10(7-13(25-2)17(12)26-3)18(23)20-8-16(22)27-9-11(21)14-4-5-15(19)28-14/h4-7H,8-9H2,1-3H3,(H,20,23). The van der Waals surface area contributed by atoms with E-state index in [0.717, 1.165) is 11.3 Å². The summed E-state index contributed by atoms with van der Waals surface area (Å²) in [4.78, 5) is 36.3. The van der Waals surface area contributed by atoms with E-state index in [1.807, 2.05) is 0 Å². The highest BCUT2D eigenvalue weighted by Crippen LogP contribution is 2.38. The maximum Gasteiger partial charge on any atom is 0.325 e. The van der Waals surface area contributed by atoms with Crippen LogP contribution in [0, 0.1) is 0 Å². The van der Waals surface area contributed by atoms with Crippen LogP contribution in [-0.2, 0) is 9.53 Å². The van der Waals surface area contributed by atoms with Gasteiger partial charge in [0.25, 0.3) is 5.91 Å². The van der Waals surface area contributed by atoms with Gasteiger partial charge in [0.05, 0.1) is 30.5 Å². The molecule has 0 fully saturated rings. The van der Waals surface area contributed by atoms with E-state index in [-0.39, 0.29) is 11.3 Å². The molecule has 2 rings (SSSR count). The molecule has 0 aliphatic rings. The van der Waals surface area contributed by atoms with Crippen LogP contribution in [0.4, 0.5) is 0 Å². The number of Topliss-reactive ketones (excluding diaryl/α,β-unsaturated/α-hetero) is 1.